The number of amides is 1. The summed E-state index contributed by atoms with van der Waals surface area (Å²) in [6, 6.07) is 12.2. The van der Waals surface area contributed by atoms with E-state index in [0.717, 1.165) is 35.0 Å². The average Bonchev–Trinajstić information content (AvgIpc) is 3.02. The van der Waals surface area contributed by atoms with Crippen LogP contribution in [0.5, 0.6) is 0 Å². The number of nitrogens with zero attached hydrogens (tertiary/aromatic N) is 3. The molecule has 2 aromatic carbocycles. The summed E-state index contributed by atoms with van der Waals surface area (Å²) in [6.07, 6.45) is 2.81. The quantitative estimate of drug-likeness (QED) is 0.617. The van der Waals surface area contributed by atoms with E-state index in [1.165, 1.54) is 23.5 Å². The number of carbonyl (C=O) groups excluding carboxylic acids is 1. The van der Waals surface area contributed by atoms with Crippen LogP contribution in [0.4, 0.5) is 0 Å². The Hall–Kier alpha value is -2.29. The van der Waals surface area contributed by atoms with Gasteiger partial charge in [-0.25, -0.2) is 8.42 Å². The van der Waals surface area contributed by atoms with Gasteiger partial charge in [-0.05, 0) is 68.7 Å². The van der Waals surface area contributed by atoms with Gasteiger partial charge in [0.05, 0.1) is 15.1 Å². The van der Waals surface area contributed by atoms with E-state index in [4.69, 9.17) is 0 Å². The molecule has 2 heterocycles. The first kappa shape index (κ1) is 21.0. The van der Waals surface area contributed by atoms with E-state index in [1.54, 1.807) is 16.4 Å². The highest BCUT2D eigenvalue weighted by Gasteiger charge is 2.30. The number of fused-ring (bicyclic) bond motifs is 1. The molecule has 0 saturated carbocycles. The number of hydrogen-bond donors (Lipinski definition) is 0. The summed E-state index contributed by atoms with van der Waals surface area (Å²) < 4.78 is 30.4. The van der Waals surface area contributed by atoms with Gasteiger partial charge in [0.25, 0.3) is 5.91 Å². The highest BCUT2D eigenvalue weighted by molar-refractivity contribution is 7.89. The van der Waals surface area contributed by atoms with Crippen molar-refractivity contribution in [1.29, 1.82) is 0 Å². The Kier molecular flexibility index (Phi) is 5.65. The highest BCUT2D eigenvalue weighted by atomic mass is 32.2. The molecule has 0 aliphatic carbocycles. The van der Waals surface area contributed by atoms with Gasteiger partial charge in [0.2, 0.25) is 10.0 Å². The molecule has 1 fully saturated rings. The molecular formula is C22H25N3O3S2. The molecule has 1 saturated heterocycles. The molecule has 1 amide bonds. The number of sulfonamides is 1. The van der Waals surface area contributed by atoms with Gasteiger partial charge in [-0.3, -0.25) is 4.79 Å². The van der Waals surface area contributed by atoms with Crippen LogP contribution < -0.4 is 4.80 Å². The van der Waals surface area contributed by atoms with E-state index >= 15 is 0 Å². The van der Waals surface area contributed by atoms with Crippen molar-refractivity contribution in [2.24, 2.45) is 12.0 Å². The van der Waals surface area contributed by atoms with E-state index in [-0.39, 0.29) is 16.8 Å². The van der Waals surface area contributed by atoms with Crippen LogP contribution in [-0.4, -0.2) is 35.8 Å². The normalized spacial score (nSPS) is 18.8. The van der Waals surface area contributed by atoms with Crippen LogP contribution in [0.3, 0.4) is 0 Å². The first-order valence-corrected chi connectivity index (χ1v) is 12.3. The Labute approximate surface area is 180 Å². The second kappa shape index (κ2) is 8.09. The van der Waals surface area contributed by atoms with E-state index < -0.39 is 10.0 Å². The zero-order valence-corrected chi connectivity index (χ0v) is 19.0. The van der Waals surface area contributed by atoms with Gasteiger partial charge in [0, 0.05) is 25.2 Å². The van der Waals surface area contributed by atoms with Crippen LogP contribution in [0.1, 0.15) is 42.1 Å². The molecule has 1 aliphatic rings. The Morgan fingerprint density at radius 1 is 1.13 bits per heavy atom. The molecule has 158 valence electrons. The molecule has 1 atom stereocenters. The van der Waals surface area contributed by atoms with Crippen molar-refractivity contribution in [3.8, 4) is 0 Å². The Morgan fingerprint density at radius 3 is 2.57 bits per heavy atom. The number of piperidine rings is 1. The average molecular weight is 444 g/mol. The van der Waals surface area contributed by atoms with E-state index in [2.05, 4.69) is 11.1 Å². The maximum absolute atomic E-state index is 13.0. The van der Waals surface area contributed by atoms with Crippen molar-refractivity contribution >= 4 is 37.5 Å². The SMILES string of the molecule is Cc1ccc2c(c1)sc(=NC(=O)c1ccc(S(=O)(=O)N3CCCC[C@H]3C)cc1)n2C. The minimum absolute atomic E-state index is 0.00310. The summed E-state index contributed by atoms with van der Waals surface area (Å²) in [5.74, 6) is -0.385. The molecule has 0 unspecified atom stereocenters. The fraction of sp³-hybridized carbons (Fsp3) is 0.364. The Balaban J connectivity index is 1.62. The van der Waals surface area contributed by atoms with Crippen LogP contribution in [0.25, 0.3) is 10.2 Å². The number of aryl methyl sites for hydroxylation is 2. The number of aromatic nitrogens is 1. The second-order valence-electron chi connectivity index (χ2n) is 7.82. The fourth-order valence-corrected chi connectivity index (χ4v) is 6.65. The molecular weight excluding hydrogens is 418 g/mol. The summed E-state index contributed by atoms with van der Waals surface area (Å²) in [7, 11) is -1.67. The molecule has 0 N–H and O–H groups in total. The van der Waals surface area contributed by atoms with Gasteiger partial charge in [-0.1, -0.05) is 23.8 Å². The Bertz CT molecular complexity index is 1270. The third-order valence-corrected chi connectivity index (χ3v) is 8.73. The Morgan fingerprint density at radius 2 is 1.87 bits per heavy atom. The van der Waals surface area contributed by atoms with Crippen molar-refractivity contribution in [1.82, 2.24) is 8.87 Å². The molecule has 1 aromatic heterocycles. The summed E-state index contributed by atoms with van der Waals surface area (Å²) in [5.41, 5.74) is 2.55. The van der Waals surface area contributed by atoms with Crippen LogP contribution in [0, 0.1) is 6.92 Å². The predicted molar refractivity (Wildman–Crippen MR) is 119 cm³/mol. The van der Waals surface area contributed by atoms with Gasteiger partial charge in [0.1, 0.15) is 0 Å². The van der Waals surface area contributed by atoms with Crippen LogP contribution in [0.15, 0.2) is 52.4 Å². The molecule has 0 spiro atoms. The van der Waals surface area contributed by atoms with Gasteiger partial charge in [-0.15, -0.1) is 0 Å². The minimum atomic E-state index is -3.55. The number of thiazole rings is 1. The lowest BCUT2D eigenvalue weighted by atomic mass is 10.1. The molecule has 1 aliphatic heterocycles. The standard InChI is InChI=1S/C22H25N3O3S2/c1-15-7-12-19-20(14-15)29-22(24(19)3)23-21(26)17-8-10-18(11-9-17)30(27,28)25-13-5-4-6-16(25)2/h7-12,14,16H,4-6,13H2,1-3H3/t16-/m1/s1. The number of rotatable bonds is 3. The largest absolute Gasteiger partial charge is 0.319 e. The van der Waals surface area contributed by atoms with Crippen molar-refractivity contribution in [2.75, 3.05) is 6.54 Å². The molecule has 0 bridgehead atoms. The van der Waals surface area contributed by atoms with Crippen molar-refractivity contribution in [3.05, 3.63) is 58.4 Å². The van der Waals surface area contributed by atoms with E-state index in [9.17, 15) is 13.2 Å². The van der Waals surface area contributed by atoms with Crippen LogP contribution >= 0.6 is 11.3 Å². The third kappa shape index (κ3) is 3.87. The second-order valence-corrected chi connectivity index (χ2v) is 10.7. The monoisotopic (exact) mass is 443 g/mol. The highest BCUT2D eigenvalue weighted by Crippen LogP contribution is 2.25. The topological polar surface area (TPSA) is 71.7 Å². The summed E-state index contributed by atoms with van der Waals surface area (Å²) in [6.45, 7) is 4.52. The minimum Gasteiger partial charge on any atom is -0.319 e. The van der Waals surface area contributed by atoms with Gasteiger partial charge in [-0.2, -0.15) is 9.30 Å². The summed E-state index contributed by atoms with van der Waals surface area (Å²) in [4.78, 5) is 17.8. The molecule has 3 aromatic rings. The maximum atomic E-state index is 13.0. The zero-order valence-electron chi connectivity index (χ0n) is 17.3. The summed E-state index contributed by atoms with van der Waals surface area (Å²) >= 11 is 1.46. The van der Waals surface area contributed by atoms with E-state index in [1.807, 2.05) is 37.6 Å². The van der Waals surface area contributed by atoms with Crippen molar-refractivity contribution in [2.45, 2.75) is 44.0 Å². The van der Waals surface area contributed by atoms with Crippen molar-refractivity contribution in [3.63, 3.8) is 0 Å². The molecule has 0 radical (unpaired) electrons. The summed E-state index contributed by atoms with van der Waals surface area (Å²) in [5, 5.41) is 0. The first-order valence-electron chi connectivity index (χ1n) is 10.0. The van der Waals surface area contributed by atoms with Gasteiger partial charge < -0.3 is 4.57 Å². The lowest BCUT2D eigenvalue weighted by Crippen LogP contribution is -2.41. The lowest BCUT2D eigenvalue weighted by Gasteiger charge is -2.32. The van der Waals surface area contributed by atoms with Crippen LogP contribution in [-0.2, 0) is 17.1 Å². The molecule has 30 heavy (non-hydrogen) atoms. The molecule has 6 nitrogen and oxygen atoms in total. The maximum Gasteiger partial charge on any atom is 0.279 e. The lowest BCUT2D eigenvalue weighted by molar-refractivity contribution is 0.0998. The van der Waals surface area contributed by atoms with Gasteiger partial charge >= 0.3 is 0 Å². The predicted octanol–water partition coefficient (Wildman–Crippen LogP) is 3.85. The number of benzene rings is 2. The molecule has 8 heteroatoms. The number of hydrogen-bond acceptors (Lipinski definition) is 4. The fourth-order valence-electron chi connectivity index (χ4n) is 3.83. The van der Waals surface area contributed by atoms with E-state index in [0.29, 0.717) is 16.9 Å². The first-order chi connectivity index (χ1) is 14.3. The van der Waals surface area contributed by atoms with Crippen LogP contribution in [0.2, 0.25) is 0 Å². The van der Waals surface area contributed by atoms with Gasteiger partial charge in [0.15, 0.2) is 4.80 Å². The zero-order chi connectivity index (χ0) is 21.5. The van der Waals surface area contributed by atoms with Crippen molar-refractivity contribution < 1.29 is 13.2 Å². The number of carbonyl (C=O) groups is 1. The smallest absolute Gasteiger partial charge is 0.279 e. The third-order valence-electron chi connectivity index (χ3n) is 5.61. The molecule has 4 rings (SSSR count).